The number of hydrogen-bond acceptors (Lipinski definition) is 7. The maximum atomic E-state index is 12.4. The van der Waals surface area contributed by atoms with Gasteiger partial charge in [-0.15, -0.1) is 11.3 Å². The number of allylic oxidation sites excluding steroid dienone is 2. The maximum Gasteiger partial charge on any atom is 0.263 e. The van der Waals surface area contributed by atoms with Crippen molar-refractivity contribution in [1.82, 2.24) is 9.88 Å². The van der Waals surface area contributed by atoms with Gasteiger partial charge in [-0.2, -0.15) is 0 Å². The van der Waals surface area contributed by atoms with Crippen LogP contribution in [0.3, 0.4) is 0 Å². The summed E-state index contributed by atoms with van der Waals surface area (Å²) in [4.78, 5) is 42.1. The van der Waals surface area contributed by atoms with Crippen molar-refractivity contribution in [3.63, 3.8) is 0 Å². The molecule has 9 nitrogen and oxygen atoms in total. The van der Waals surface area contributed by atoms with Crippen LogP contribution >= 0.6 is 11.3 Å². The van der Waals surface area contributed by atoms with Crippen molar-refractivity contribution in [2.45, 2.75) is 17.7 Å². The molecule has 2 aliphatic rings. The summed E-state index contributed by atoms with van der Waals surface area (Å²) in [5, 5.41) is 4.49. The number of thiazole rings is 1. The van der Waals surface area contributed by atoms with E-state index in [1.54, 1.807) is 5.38 Å². The lowest BCUT2D eigenvalue weighted by molar-refractivity contribution is -0.142. The summed E-state index contributed by atoms with van der Waals surface area (Å²) in [6, 6.07) is 5.56. The first kappa shape index (κ1) is 20.2. The number of amides is 3. The van der Waals surface area contributed by atoms with Crippen molar-refractivity contribution in [1.29, 1.82) is 0 Å². The van der Waals surface area contributed by atoms with Gasteiger partial charge in [0.25, 0.3) is 10.0 Å². The van der Waals surface area contributed by atoms with Gasteiger partial charge >= 0.3 is 0 Å². The van der Waals surface area contributed by atoms with Gasteiger partial charge in [-0.05, 0) is 37.1 Å². The first-order valence-corrected chi connectivity index (χ1v) is 11.5. The zero-order valence-corrected chi connectivity index (χ0v) is 17.3. The molecule has 2 heterocycles. The van der Waals surface area contributed by atoms with E-state index in [9.17, 15) is 22.8 Å². The lowest BCUT2D eigenvalue weighted by atomic mass is 9.85. The van der Waals surface area contributed by atoms with E-state index in [4.69, 9.17) is 0 Å². The molecule has 1 aromatic carbocycles. The SMILES string of the molecule is O=C(CN1C(=O)[C@H]2CC=CC[C@H]2C1=O)Nc1ccc(S(=O)(=O)Nc2nccs2)cc1. The molecule has 1 aromatic heterocycles. The van der Waals surface area contributed by atoms with E-state index in [1.165, 1.54) is 30.5 Å². The van der Waals surface area contributed by atoms with Gasteiger partial charge < -0.3 is 5.32 Å². The number of nitrogens with zero attached hydrogens (tertiary/aromatic N) is 2. The Morgan fingerprint density at radius 2 is 1.73 bits per heavy atom. The molecular weight excluding hydrogens is 428 g/mol. The van der Waals surface area contributed by atoms with E-state index >= 15 is 0 Å². The Kier molecular flexibility index (Phi) is 5.39. The third kappa shape index (κ3) is 3.98. The molecule has 0 unspecified atom stereocenters. The number of carbonyl (C=O) groups excluding carboxylic acids is 3. The Balaban J connectivity index is 1.38. The van der Waals surface area contributed by atoms with Crippen molar-refractivity contribution in [3.05, 3.63) is 48.0 Å². The van der Waals surface area contributed by atoms with Gasteiger partial charge in [0.05, 0.1) is 16.7 Å². The average molecular weight is 447 g/mol. The predicted octanol–water partition coefficient (Wildman–Crippen LogP) is 1.83. The number of imide groups is 1. The first-order chi connectivity index (χ1) is 14.3. The highest BCUT2D eigenvalue weighted by molar-refractivity contribution is 7.93. The van der Waals surface area contributed by atoms with Crippen molar-refractivity contribution < 1.29 is 22.8 Å². The summed E-state index contributed by atoms with van der Waals surface area (Å²) in [7, 11) is -3.79. The second-order valence-electron chi connectivity index (χ2n) is 6.93. The van der Waals surface area contributed by atoms with Crippen molar-refractivity contribution in [2.24, 2.45) is 11.8 Å². The highest BCUT2D eigenvalue weighted by Crippen LogP contribution is 2.34. The number of anilines is 2. The molecule has 0 spiro atoms. The Morgan fingerprint density at radius 1 is 1.10 bits per heavy atom. The number of rotatable bonds is 6. The van der Waals surface area contributed by atoms with E-state index in [0.29, 0.717) is 18.5 Å². The number of fused-ring (bicyclic) bond motifs is 1. The number of carbonyl (C=O) groups is 3. The molecule has 2 aromatic rings. The largest absolute Gasteiger partial charge is 0.325 e. The Morgan fingerprint density at radius 3 is 2.30 bits per heavy atom. The fourth-order valence-corrected chi connectivity index (χ4v) is 5.32. The third-order valence-electron chi connectivity index (χ3n) is 5.00. The van der Waals surface area contributed by atoms with Gasteiger partial charge in [0, 0.05) is 17.3 Å². The molecule has 4 rings (SSSR count). The van der Waals surface area contributed by atoms with E-state index in [0.717, 1.165) is 16.2 Å². The van der Waals surface area contributed by atoms with Gasteiger partial charge in [0.2, 0.25) is 17.7 Å². The number of likely N-dealkylation sites (tertiary alicyclic amines) is 1. The van der Waals surface area contributed by atoms with Gasteiger partial charge in [-0.25, -0.2) is 13.4 Å². The number of benzene rings is 1. The highest BCUT2D eigenvalue weighted by Gasteiger charge is 2.47. The molecule has 0 bridgehead atoms. The number of aromatic nitrogens is 1. The normalized spacial score (nSPS) is 20.9. The molecule has 0 saturated carbocycles. The monoisotopic (exact) mass is 446 g/mol. The van der Waals surface area contributed by atoms with Crippen LogP contribution < -0.4 is 10.0 Å². The molecular formula is C19H18N4O5S2. The van der Waals surface area contributed by atoms with Crippen molar-refractivity contribution in [3.8, 4) is 0 Å². The van der Waals surface area contributed by atoms with Gasteiger partial charge in [-0.1, -0.05) is 12.2 Å². The third-order valence-corrected chi connectivity index (χ3v) is 7.18. The molecule has 3 amide bonds. The maximum absolute atomic E-state index is 12.4. The molecule has 1 fully saturated rings. The minimum absolute atomic E-state index is 0.0113. The molecule has 30 heavy (non-hydrogen) atoms. The Labute approximate surface area is 176 Å². The zero-order chi connectivity index (χ0) is 21.3. The van der Waals surface area contributed by atoms with E-state index in [1.807, 2.05) is 12.2 Å². The lowest BCUT2D eigenvalue weighted by Crippen LogP contribution is -2.38. The summed E-state index contributed by atoms with van der Waals surface area (Å²) in [6.07, 6.45) is 6.28. The van der Waals surface area contributed by atoms with Gasteiger partial charge in [-0.3, -0.25) is 24.0 Å². The predicted molar refractivity (Wildman–Crippen MR) is 110 cm³/mol. The molecule has 2 N–H and O–H groups in total. The van der Waals surface area contributed by atoms with Crippen LogP contribution in [0.15, 0.2) is 52.9 Å². The van der Waals surface area contributed by atoms with Crippen LogP contribution in [0.4, 0.5) is 10.8 Å². The smallest absolute Gasteiger partial charge is 0.263 e. The molecule has 0 radical (unpaired) electrons. The van der Waals surface area contributed by atoms with Gasteiger partial charge in [0.1, 0.15) is 6.54 Å². The van der Waals surface area contributed by atoms with E-state index < -0.39 is 15.9 Å². The van der Waals surface area contributed by atoms with Gasteiger partial charge in [0.15, 0.2) is 5.13 Å². The van der Waals surface area contributed by atoms with Crippen LogP contribution in [-0.4, -0.2) is 42.6 Å². The van der Waals surface area contributed by atoms with Crippen LogP contribution in [0.5, 0.6) is 0 Å². The van der Waals surface area contributed by atoms with E-state index in [-0.39, 0.29) is 40.2 Å². The quantitative estimate of drug-likeness (QED) is 0.515. The van der Waals surface area contributed by atoms with Crippen molar-refractivity contribution >= 4 is 49.9 Å². The molecule has 2 atom stereocenters. The Bertz CT molecular complexity index is 1080. The number of hydrogen-bond donors (Lipinski definition) is 2. The van der Waals surface area contributed by atoms with E-state index in [2.05, 4.69) is 15.0 Å². The minimum Gasteiger partial charge on any atom is -0.325 e. The molecule has 1 saturated heterocycles. The van der Waals surface area contributed by atoms with Crippen LogP contribution in [0.2, 0.25) is 0 Å². The second-order valence-corrected chi connectivity index (χ2v) is 9.51. The van der Waals surface area contributed by atoms with Crippen LogP contribution in [0.25, 0.3) is 0 Å². The highest BCUT2D eigenvalue weighted by atomic mass is 32.2. The number of nitrogens with one attached hydrogen (secondary N) is 2. The summed E-state index contributed by atoms with van der Waals surface area (Å²) in [5.74, 6) is -1.94. The average Bonchev–Trinajstić information content (AvgIpc) is 3.31. The fraction of sp³-hybridized carbons (Fsp3) is 0.263. The first-order valence-electron chi connectivity index (χ1n) is 9.17. The standard InChI is InChI=1S/C19H18N4O5S2/c24-16(11-23-17(25)14-3-1-2-4-15(14)18(23)26)21-12-5-7-13(8-6-12)30(27,28)22-19-20-9-10-29-19/h1-2,5-10,14-15H,3-4,11H2,(H,20,22)(H,21,24)/t14-,15+. The summed E-state index contributed by atoms with van der Waals surface area (Å²) < 4.78 is 27.0. The minimum atomic E-state index is -3.79. The van der Waals surface area contributed by atoms with Crippen LogP contribution in [0, 0.1) is 11.8 Å². The molecule has 156 valence electrons. The summed E-state index contributed by atoms with van der Waals surface area (Å²) >= 11 is 1.16. The summed E-state index contributed by atoms with van der Waals surface area (Å²) in [5.41, 5.74) is 0.353. The van der Waals surface area contributed by atoms with Crippen LogP contribution in [-0.2, 0) is 24.4 Å². The lowest BCUT2D eigenvalue weighted by Gasteiger charge is -2.14. The van der Waals surface area contributed by atoms with Crippen molar-refractivity contribution in [2.75, 3.05) is 16.6 Å². The van der Waals surface area contributed by atoms with Crippen LogP contribution in [0.1, 0.15) is 12.8 Å². The topological polar surface area (TPSA) is 126 Å². The molecule has 11 heteroatoms. The fourth-order valence-electron chi connectivity index (χ4n) is 3.53. The molecule has 1 aliphatic heterocycles. The Hall–Kier alpha value is -3.05. The molecule has 1 aliphatic carbocycles. The summed E-state index contributed by atoms with van der Waals surface area (Å²) in [6.45, 7) is -0.365. The second kappa shape index (κ2) is 8.00. The number of sulfonamides is 1. The zero-order valence-electron chi connectivity index (χ0n) is 15.6.